The van der Waals surface area contributed by atoms with Crippen LogP contribution in [0.4, 0.5) is 10.6 Å². The third-order valence-corrected chi connectivity index (χ3v) is 9.22. The van der Waals surface area contributed by atoms with Crippen LogP contribution in [0.5, 0.6) is 0 Å². The predicted molar refractivity (Wildman–Crippen MR) is 122 cm³/mol. The second-order valence-corrected chi connectivity index (χ2v) is 11.5. The van der Waals surface area contributed by atoms with E-state index in [-0.39, 0.29) is 23.3 Å². The number of piperidine rings is 1. The van der Waals surface area contributed by atoms with E-state index in [0.29, 0.717) is 24.0 Å². The van der Waals surface area contributed by atoms with Gasteiger partial charge < -0.3 is 15.1 Å². The number of aromatic nitrogens is 1. The van der Waals surface area contributed by atoms with Crippen molar-refractivity contribution in [2.45, 2.75) is 30.0 Å². The van der Waals surface area contributed by atoms with E-state index >= 15 is 0 Å². The minimum absolute atomic E-state index is 0.190. The first kappa shape index (κ1) is 22.3. The number of nitrogens with zero attached hydrogens (tertiary/aromatic N) is 4. The first-order valence-electron chi connectivity index (χ1n) is 10.4. The number of thiophene rings is 1. The Morgan fingerprint density at radius 1 is 1.06 bits per heavy atom. The van der Waals surface area contributed by atoms with E-state index < -0.39 is 10.0 Å². The number of pyridine rings is 1. The molecule has 0 unspecified atom stereocenters. The number of nitrogens with one attached hydrogen (secondary N) is 1. The molecule has 1 N–H and O–H groups in total. The fourth-order valence-electron chi connectivity index (χ4n) is 3.94. The minimum atomic E-state index is -3.57. The predicted octanol–water partition coefficient (Wildman–Crippen LogP) is 3.00. The highest BCUT2D eigenvalue weighted by molar-refractivity contribution is 7.91. The Morgan fingerprint density at radius 2 is 1.81 bits per heavy atom. The molecule has 0 atom stereocenters. The molecule has 2 fully saturated rings. The summed E-state index contributed by atoms with van der Waals surface area (Å²) in [6.07, 6.45) is 5.35. The highest BCUT2D eigenvalue weighted by atomic mass is 35.5. The number of amides is 2. The number of sulfonamides is 1. The molecular formula is C20H26ClN5O3S2. The van der Waals surface area contributed by atoms with E-state index in [1.165, 1.54) is 16.8 Å². The maximum atomic E-state index is 12.7. The van der Waals surface area contributed by atoms with Gasteiger partial charge in [-0.2, -0.15) is 4.31 Å². The minimum Gasteiger partial charge on any atom is -0.356 e. The summed E-state index contributed by atoms with van der Waals surface area (Å²) in [5, 5.41) is 2.97. The molecule has 31 heavy (non-hydrogen) atoms. The van der Waals surface area contributed by atoms with Crippen molar-refractivity contribution < 1.29 is 13.2 Å². The Kier molecular flexibility index (Phi) is 7.00. The second-order valence-electron chi connectivity index (χ2n) is 7.64. The van der Waals surface area contributed by atoms with E-state index in [9.17, 15) is 13.2 Å². The van der Waals surface area contributed by atoms with Gasteiger partial charge in [-0.3, -0.25) is 0 Å². The first-order valence-corrected chi connectivity index (χ1v) is 13.1. The number of piperazine rings is 1. The van der Waals surface area contributed by atoms with Gasteiger partial charge in [-0.05, 0) is 37.5 Å². The number of hydrogen-bond donors (Lipinski definition) is 1. The zero-order valence-corrected chi connectivity index (χ0v) is 19.6. The van der Waals surface area contributed by atoms with Crippen LogP contribution in [0.15, 0.2) is 34.7 Å². The van der Waals surface area contributed by atoms with Crippen molar-refractivity contribution in [1.82, 2.24) is 19.5 Å². The molecule has 0 bridgehead atoms. The fourth-order valence-corrected chi connectivity index (χ4v) is 7.00. The molecule has 4 heterocycles. The average molecular weight is 484 g/mol. The van der Waals surface area contributed by atoms with Crippen LogP contribution in [0, 0.1) is 0 Å². The molecule has 2 amide bonds. The van der Waals surface area contributed by atoms with Crippen LogP contribution in [-0.2, 0) is 16.6 Å². The van der Waals surface area contributed by atoms with Crippen LogP contribution in [-0.4, -0.2) is 67.9 Å². The molecule has 8 nitrogen and oxygen atoms in total. The SMILES string of the molecule is O=C(NCc1cccnc1N1CCCCC1)N1CCN(S(=O)(=O)c2ccc(Cl)s2)CC1. The van der Waals surface area contributed by atoms with Gasteiger partial charge in [0.05, 0.1) is 4.34 Å². The molecule has 0 aliphatic carbocycles. The zero-order valence-electron chi connectivity index (χ0n) is 17.2. The lowest BCUT2D eigenvalue weighted by molar-refractivity contribution is 0.172. The Balaban J connectivity index is 1.32. The molecule has 2 saturated heterocycles. The lowest BCUT2D eigenvalue weighted by atomic mass is 10.1. The van der Waals surface area contributed by atoms with Crippen LogP contribution < -0.4 is 10.2 Å². The third-order valence-electron chi connectivity index (χ3n) is 5.62. The molecule has 11 heteroatoms. The molecule has 0 radical (unpaired) electrons. The van der Waals surface area contributed by atoms with Gasteiger partial charge >= 0.3 is 6.03 Å². The first-order chi connectivity index (χ1) is 14.9. The Hall–Kier alpha value is -1.88. The summed E-state index contributed by atoms with van der Waals surface area (Å²) in [7, 11) is -3.57. The highest BCUT2D eigenvalue weighted by Gasteiger charge is 2.31. The molecule has 2 aromatic heterocycles. The van der Waals surface area contributed by atoms with Crippen LogP contribution in [0.25, 0.3) is 0 Å². The van der Waals surface area contributed by atoms with Crippen molar-refractivity contribution in [3.05, 3.63) is 40.4 Å². The zero-order chi connectivity index (χ0) is 21.8. The van der Waals surface area contributed by atoms with E-state index in [1.54, 1.807) is 17.2 Å². The van der Waals surface area contributed by atoms with Gasteiger partial charge in [0.15, 0.2) is 0 Å². The van der Waals surface area contributed by atoms with E-state index in [1.807, 2.05) is 12.1 Å². The maximum absolute atomic E-state index is 12.7. The number of rotatable bonds is 5. The van der Waals surface area contributed by atoms with Crippen LogP contribution >= 0.6 is 22.9 Å². The van der Waals surface area contributed by atoms with Crippen molar-refractivity contribution in [3.63, 3.8) is 0 Å². The molecule has 0 aromatic carbocycles. The number of anilines is 1. The van der Waals surface area contributed by atoms with Gasteiger partial charge in [0, 0.05) is 57.6 Å². The molecule has 2 aliphatic rings. The number of hydrogen-bond acceptors (Lipinski definition) is 6. The molecular weight excluding hydrogens is 458 g/mol. The summed E-state index contributed by atoms with van der Waals surface area (Å²) in [6, 6.07) is 6.79. The topological polar surface area (TPSA) is 85.8 Å². The number of carbonyl (C=O) groups is 1. The molecule has 168 valence electrons. The number of urea groups is 1. The molecule has 2 aromatic rings. The summed E-state index contributed by atoms with van der Waals surface area (Å²) in [4.78, 5) is 21.2. The van der Waals surface area contributed by atoms with Crippen molar-refractivity contribution in [1.29, 1.82) is 0 Å². The Bertz CT molecular complexity index is 1020. The van der Waals surface area contributed by atoms with Gasteiger partial charge in [-0.15, -0.1) is 11.3 Å². The summed E-state index contributed by atoms with van der Waals surface area (Å²) >= 11 is 6.93. The van der Waals surface area contributed by atoms with Crippen LogP contribution in [0.2, 0.25) is 4.34 Å². The number of halogens is 1. The quantitative estimate of drug-likeness (QED) is 0.706. The fraction of sp³-hybridized carbons (Fsp3) is 0.500. The van der Waals surface area contributed by atoms with E-state index in [2.05, 4.69) is 15.2 Å². The monoisotopic (exact) mass is 483 g/mol. The molecule has 0 spiro atoms. The van der Waals surface area contributed by atoms with Gasteiger partial charge in [0.1, 0.15) is 10.0 Å². The third kappa shape index (κ3) is 5.14. The van der Waals surface area contributed by atoms with Crippen LogP contribution in [0.3, 0.4) is 0 Å². The summed E-state index contributed by atoms with van der Waals surface area (Å²) in [6.45, 7) is 3.58. The Labute approximate surface area is 191 Å². The lowest BCUT2D eigenvalue weighted by Gasteiger charge is -2.34. The second kappa shape index (κ2) is 9.72. The lowest BCUT2D eigenvalue weighted by Crippen LogP contribution is -2.52. The highest BCUT2D eigenvalue weighted by Crippen LogP contribution is 2.28. The molecule has 4 rings (SSSR count). The average Bonchev–Trinajstić information content (AvgIpc) is 3.25. The normalized spacial score (nSPS) is 18.2. The van der Waals surface area contributed by atoms with Gasteiger partial charge in [0.25, 0.3) is 10.0 Å². The van der Waals surface area contributed by atoms with Gasteiger partial charge in [0.2, 0.25) is 0 Å². The summed E-state index contributed by atoms with van der Waals surface area (Å²) in [5.74, 6) is 0.938. The van der Waals surface area contributed by atoms with E-state index in [0.717, 1.165) is 48.6 Å². The summed E-state index contributed by atoms with van der Waals surface area (Å²) in [5.41, 5.74) is 0.994. The van der Waals surface area contributed by atoms with Gasteiger partial charge in [-0.1, -0.05) is 17.7 Å². The summed E-state index contributed by atoms with van der Waals surface area (Å²) < 4.78 is 27.5. The van der Waals surface area contributed by atoms with E-state index in [4.69, 9.17) is 11.6 Å². The van der Waals surface area contributed by atoms with Crippen molar-refractivity contribution in [2.75, 3.05) is 44.2 Å². The Morgan fingerprint density at radius 3 is 2.48 bits per heavy atom. The molecule has 0 saturated carbocycles. The van der Waals surface area contributed by atoms with Crippen LogP contribution in [0.1, 0.15) is 24.8 Å². The van der Waals surface area contributed by atoms with Crippen molar-refractivity contribution in [2.24, 2.45) is 0 Å². The smallest absolute Gasteiger partial charge is 0.317 e. The number of carbonyl (C=O) groups excluding carboxylic acids is 1. The van der Waals surface area contributed by atoms with Gasteiger partial charge in [-0.25, -0.2) is 18.2 Å². The van der Waals surface area contributed by atoms with Crippen molar-refractivity contribution >= 4 is 44.8 Å². The standard InChI is InChI=1S/C20H26ClN5O3S2/c21-17-6-7-18(30-17)31(28,29)26-13-11-25(12-14-26)20(27)23-15-16-5-4-8-22-19(16)24-9-2-1-3-10-24/h4-8H,1-3,9-15H2,(H,23,27). The largest absolute Gasteiger partial charge is 0.356 e. The van der Waals surface area contributed by atoms with Crippen molar-refractivity contribution in [3.8, 4) is 0 Å². The maximum Gasteiger partial charge on any atom is 0.317 e. The molecule has 2 aliphatic heterocycles.